The number of benzene rings is 2. The van der Waals surface area contributed by atoms with Crippen molar-refractivity contribution in [1.29, 1.82) is 0 Å². The molecular formula is C27H36N2O4. The van der Waals surface area contributed by atoms with Gasteiger partial charge in [0.15, 0.2) is 0 Å². The van der Waals surface area contributed by atoms with Crippen LogP contribution in [0.4, 0.5) is 5.69 Å². The number of rotatable bonds is 10. The molecule has 6 nitrogen and oxygen atoms in total. The van der Waals surface area contributed by atoms with Crippen LogP contribution in [-0.4, -0.2) is 29.7 Å². The first-order chi connectivity index (χ1) is 15.8. The van der Waals surface area contributed by atoms with Crippen molar-refractivity contribution in [2.75, 3.05) is 11.9 Å². The number of carbonyl (C=O) groups excluding carboxylic acids is 1. The minimum absolute atomic E-state index is 0.0808. The van der Waals surface area contributed by atoms with Crippen LogP contribution in [0.25, 0.3) is 0 Å². The molecule has 0 spiro atoms. The van der Waals surface area contributed by atoms with E-state index in [0.717, 1.165) is 23.2 Å². The summed E-state index contributed by atoms with van der Waals surface area (Å²) in [4.78, 5) is 23.3. The van der Waals surface area contributed by atoms with Gasteiger partial charge in [-0.25, -0.2) is 4.79 Å². The summed E-state index contributed by atoms with van der Waals surface area (Å²) >= 11 is 0. The van der Waals surface area contributed by atoms with Gasteiger partial charge in [0.25, 0.3) is 0 Å². The van der Waals surface area contributed by atoms with Gasteiger partial charge in [-0.2, -0.15) is 0 Å². The van der Waals surface area contributed by atoms with Gasteiger partial charge in [-0.1, -0.05) is 57.9 Å². The average Bonchev–Trinajstić information content (AvgIpc) is 2.80. The molecule has 0 bridgehead atoms. The molecule has 2 aromatic carbocycles. The molecule has 0 aliphatic heterocycles. The van der Waals surface area contributed by atoms with E-state index in [1.807, 2.05) is 24.3 Å². The van der Waals surface area contributed by atoms with Crippen molar-refractivity contribution in [2.24, 2.45) is 17.8 Å². The maximum atomic E-state index is 12.3. The maximum absolute atomic E-state index is 12.3. The smallest absolute Gasteiger partial charge is 0.335 e. The zero-order valence-electron chi connectivity index (χ0n) is 19.8. The molecule has 0 saturated heterocycles. The van der Waals surface area contributed by atoms with Crippen LogP contribution in [0.5, 0.6) is 0 Å². The lowest BCUT2D eigenvalue weighted by atomic mass is 9.72. The molecule has 1 saturated carbocycles. The molecule has 0 radical (unpaired) electrons. The minimum Gasteiger partial charge on any atom is -0.478 e. The number of hydrogen-bond acceptors (Lipinski definition) is 4. The van der Waals surface area contributed by atoms with Crippen LogP contribution >= 0.6 is 0 Å². The summed E-state index contributed by atoms with van der Waals surface area (Å²) in [5.74, 6) is 0.712. The topological polar surface area (TPSA) is 87.7 Å². The molecule has 33 heavy (non-hydrogen) atoms. The predicted octanol–water partition coefficient (Wildman–Crippen LogP) is 5.09. The Morgan fingerprint density at radius 1 is 1.00 bits per heavy atom. The first kappa shape index (κ1) is 24.8. The van der Waals surface area contributed by atoms with Crippen molar-refractivity contribution in [3.63, 3.8) is 0 Å². The summed E-state index contributed by atoms with van der Waals surface area (Å²) < 4.78 is 6.04. The third-order valence-electron chi connectivity index (χ3n) is 6.57. The monoisotopic (exact) mass is 452 g/mol. The molecule has 2 aromatic rings. The molecule has 0 heterocycles. The Hall–Kier alpha value is -2.86. The Kier molecular flexibility index (Phi) is 8.89. The number of carboxylic acid groups (broad SMARTS) is 1. The highest BCUT2D eigenvalue weighted by Gasteiger charge is 2.33. The first-order valence-electron chi connectivity index (χ1n) is 11.9. The number of anilines is 1. The van der Waals surface area contributed by atoms with Gasteiger partial charge in [0.2, 0.25) is 5.91 Å². The molecule has 178 valence electrons. The third-order valence-corrected chi connectivity index (χ3v) is 6.57. The summed E-state index contributed by atoms with van der Waals surface area (Å²) in [5.41, 5.74) is 3.26. The number of aromatic carboxylic acids is 1. The molecular weight excluding hydrogens is 416 g/mol. The van der Waals surface area contributed by atoms with E-state index in [0.29, 0.717) is 30.8 Å². The number of ether oxygens (including phenoxy) is 1. The molecule has 3 rings (SSSR count). The van der Waals surface area contributed by atoms with Crippen LogP contribution in [-0.2, 0) is 22.6 Å². The minimum atomic E-state index is -0.924. The molecule has 1 aliphatic carbocycles. The highest BCUT2D eigenvalue weighted by molar-refractivity contribution is 5.87. The normalized spacial score (nSPS) is 20.4. The van der Waals surface area contributed by atoms with E-state index >= 15 is 0 Å². The first-order valence-corrected chi connectivity index (χ1v) is 11.9. The fraction of sp³-hybridized carbons (Fsp3) is 0.481. The second-order valence-electron chi connectivity index (χ2n) is 9.41. The summed E-state index contributed by atoms with van der Waals surface area (Å²) in [7, 11) is 0. The van der Waals surface area contributed by atoms with Crippen LogP contribution in [0.3, 0.4) is 0 Å². The Morgan fingerprint density at radius 2 is 1.64 bits per heavy atom. The number of carbonyl (C=O) groups is 2. The van der Waals surface area contributed by atoms with Crippen LogP contribution in [0, 0.1) is 17.8 Å². The number of hydrogen-bond donors (Lipinski definition) is 3. The standard InChI is InChI=1S/C27H36N2O4/c1-18(2)26-19(3)5-4-6-24(26)33-17-25(30)29-16-21-9-13-23(14-10-21)28-15-20-7-11-22(12-8-20)27(31)32/h7-14,18-19,24,26,28H,4-6,15-17H2,1-3H3,(H,29,30)(H,31,32). The number of nitrogens with one attached hydrogen (secondary N) is 2. The molecule has 6 heteroatoms. The summed E-state index contributed by atoms with van der Waals surface area (Å²) in [6, 6.07) is 14.7. The SMILES string of the molecule is CC(C)C1C(C)CCCC1OCC(=O)NCc1ccc(NCc2ccc(C(=O)O)cc2)cc1. The lowest BCUT2D eigenvalue weighted by molar-refractivity contribution is -0.132. The quantitative estimate of drug-likeness (QED) is 0.467. The van der Waals surface area contributed by atoms with Gasteiger partial charge < -0.3 is 20.5 Å². The third kappa shape index (κ3) is 7.32. The Balaban J connectivity index is 1.40. The largest absolute Gasteiger partial charge is 0.478 e. The van der Waals surface area contributed by atoms with Crippen LogP contribution in [0.1, 0.15) is 61.5 Å². The van der Waals surface area contributed by atoms with E-state index in [1.165, 1.54) is 12.8 Å². The van der Waals surface area contributed by atoms with E-state index in [-0.39, 0.29) is 24.2 Å². The molecule has 3 N–H and O–H groups in total. The molecule has 1 amide bonds. The average molecular weight is 453 g/mol. The summed E-state index contributed by atoms with van der Waals surface area (Å²) in [6.45, 7) is 7.97. The van der Waals surface area contributed by atoms with E-state index in [4.69, 9.17) is 9.84 Å². The Bertz CT molecular complexity index is 909. The lowest BCUT2D eigenvalue weighted by Gasteiger charge is -2.38. The van der Waals surface area contributed by atoms with Crippen molar-refractivity contribution >= 4 is 17.6 Å². The summed E-state index contributed by atoms with van der Waals surface area (Å²) in [5, 5.41) is 15.2. The van der Waals surface area contributed by atoms with Gasteiger partial charge >= 0.3 is 5.97 Å². The van der Waals surface area contributed by atoms with Crippen LogP contribution < -0.4 is 10.6 Å². The van der Waals surface area contributed by atoms with Crippen molar-refractivity contribution in [3.05, 3.63) is 65.2 Å². The van der Waals surface area contributed by atoms with Crippen LogP contribution in [0.2, 0.25) is 0 Å². The fourth-order valence-corrected chi connectivity index (χ4v) is 4.82. The fourth-order valence-electron chi connectivity index (χ4n) is 4.82. The Labute approximate surface area is 196 Å². The van der Waals surface area contributed by atoms with Gasteiger partial charge in [-0.05, 0) is 59.6 Å². The number of carboxylic acids is 1. The van der Waals surface area contributed by atoms with E-state index < -0.39 is 5.97 Å². The highest BCUT2D eigenvalue weighted by Crippen LogP contribution is 2.36. The second kappa shape index (κ2) is 11.8. The second-order valence-corrected chi connectivity index (χ2v) is 9.41. The van der Waals surface area contributed by atoms with Crippen molar-refractivity contribution in [1.82, 2.24) is 5.32 Å². The predicted molar refractivity (Wildman–Crippen MR) is 130 cm³/mol. The highest BCUT2D eigenvalue weighted by atomic mass is 16.5. The van der Waals surface area contributed by atoms with Crippen molar-refractivity contribution in [2.45, 2.75) is 59.2 Å². The van der Waals surface area contributed by atoms with Gasteiger partial charge in [-0.15, -0.1) is 0 Å². The van der Waals surface area contributed by atoms with E-state index in [1.54, 1.807) is 24.3 Å². The van der Waals surface area contributed by atoms with E-state index in [9.17, 15) is 9.59 Å². The van der Waals surface area contributed by atoms with Crippen molar-refractivity contribution in [3.8, 4) is 0 Å². The molecule has 1 aliphatic rings. The molecule has 3 unspecified atom stereocenters. The van der Waals surface area contributed by atoms with E-state index in [2.05, 4.69) is 31.4 Å². The van der Waals surface area contributed by atoms with Crippen LogP contribution in [0.15, 0.2) is 48.5 Å². The number of amides is 1. The molecule has 0 aromatic heterocycles. The molecule has 1 fully saturated rings. The molecule has 3 atom stereocenters. The van der Waals surface area contributed by atoms with Gasteiger partial charge in [0, 0.05) is 18.8 Å². The van der Waals surface area contributed by atoms with Gasteiger partial charge in [0.05, 0.1) is 11.7 Å². The zero-order valence-corrected chi connectivity index (χ0v) is 19.8. The maximum Gasteiger partial charge on any atom is 0.335 e. The lowest BCUT2D eigenvalue weighted by Crippen LogP contribution is -2.39. The zero-order chi connectivity index (χ0) is 23.8. The van der Waals surface area contributed by atoms with Gasteiger partial charge in [0.1, 0.15) is 6.61 Å². The summed E-state index contributed by atoms with van der Waals surface area (Å²) in [6.07, 6.45) is 3.63. The van der Waals surface area contributed by atoms with Crippen molar-refractivity contribution < 1.29 is 19.4 Å². The van der Waals surface area contributed by atoms with Gasteiger partial charge in [-0.3, -0.25) is 4.79 Å². The Morgan fingerprint density at radius 3 is 2.27 bits per heavy atom.